The zero-order chi connectivity index (χ0) is 17.9. The molecule has 25 heavy (non-hydrogen) atoms. The van der Waals surface area contributed by atoms with Crippen LogP contribution in [0.2, 0.25) is 0 Å². The number of aromatic nitrogens is 1. The second-order valence-corrected chi connectivity index (χ2v) is 7.50. The first kappa shape index (κ1) is 17.3. The zero-order valence-electron chi connectivity index (χ0n) is 15.2. The van der Waals surface area contributed by atoms with Gasteiger partial charge in [-0.3, -0.25) is 4.79 Å². The third-order valence-electron chi connectivity index (χ3n) is 4.11. The fourth-order valence-corrected chi connectivity index (χ4v) is 2.96. The standard InChI is InChI=1S/C20H26N4O/c1-20(2,3)23-16-8-11-18(21-14-16)19(25)22-15-6-9-17(10-7-15)24-12-4-5-13-24/h6-11,14,23H,4-5,12-13H2,1-3H3,(H,22,25). The maximum atomic E-state index is 12.3. The minimum atomic E-state index is -0.198. The van der Waals surface area contributed by atoms with Crippen LogP contribution in [0.5, 0.6) is 0 Å². The minimum Gasteiger partial charge on any atom is -0.379 e. The molecule has 0 radical (unpaired) electrons. The number of carbonyl (C=O) groups excluding carboxylic acids is 1. The molecule has 0 bridgehead atoms. The molecule has 3 rings (SSSR count). The highest BCUT2D eigenvalue weighted by Crippen LogP contribution is 2.22. The molecule has 1 amide bonds. The number of rotatable bonds is 4. The van der Waals surface area contributed by atoms with E-state index in [1.165, 1.54) is 18.5 Å². The van der Waals surface area contributed by atoms with Gasteiger partial charge in [0.2, 0.25) is 0 Å². The van der Waals surface area contributed by atoms with E-state index in [9.17, 15) is 4.79 Å². The molecule has 1 fully saturated rings. The molecule has 1 aromatic carbocycles. The topological polar surface area (TPSA) is 57.3 Å². The van der Waals surface area contributed by atoms with E-state index in [2.05, 4.69) is 53.4 Å². The van der Waals surface area contributed by atoms with Crippen LogP contribution in [-0.2, 0) is 0 Å². The van der Waals surface area contributed by atoms with E-state index in [1.54, 1.807) is 12.3 Å². The number of carbonyl (C=O) groups is 1. The number of amides is 1. The molecular weight excluding hydrogens is 312 g/mol. The number of pyridine rings is 1. The summed E-state index contributed by atoms with van der Waals surface area (Å²) in [4.78, 5) is 19.0. The molecule has 2 aromatic rings. The average Bonchev–Trinajstić information content (AvgIpc) is 3.09. The molecule has 0 saturated carbocycles. The number of benzene rings is 1. The maximum Gasteiger partial charge on any atom is 0.274 e. The summed E-state index contributed by atoms with van der Waals surface area (Å²) in [6.07, 6.45) is 4.20. The van der Waals surface area contributed by atoms with Crippen LogP contribution in [0.4, 0.5) is 17.1 Å². The predicted octanol–water partition coefficient (Wildman–Crippen LogP) is 4.14. The second kappa shape index (κ2) is 7.13. The second-order valence-electron chi connectivity index (χ2n) is 7.50. The molecule has 1 saturated heterocycles. The number of nitrogens with one attached hydrogen (secondary N) is 2. The van der Waals surface area contributed by atoms with E-state index < -0.39 is 0 Å². The van der Waals surface area contributed by atoms with Gasteiger partial charge in [-0.05, 0) is 70.0 Å². The van der Waals surface area contributed by atoms with Crippen LogP contribution < -0.4 is 15.5 Å². The molecule has 5 nitrogen and oxygen atoms in total. The Hall–Kier alpha value is -2.56. The first-order valence-electron chi connectivity index (χ1n) is 8.81. The zero-order valence-corrected chi connectivity index (χ0v) is 15.2. The molecular formula is C20H26N4O. The number of anilines is 3. The van der Waals surface area contributed by atoms with Gasteiger partial charge in [0.15, 0.2) is 0 Å². The Labute approximate surface area is 149 Å². The first-order chi connectivity index (χ1) is 11.9. The third kappa shape index (κ3) is 4.72. The maximum absolute atomic E-state index is 12.3. The van der Waals surface area contributed by atoms with Gasteiger partial charge in [-0.2, -0.15) is 0 Å². The van der Waals surface area contributed by atoms with Crippen molar-refractivity contribution in [2.24, 2.45) is 0 Å². The van der Waals surface area contributed by atoms with Crippen molar-refractivity contribution in [3.05, 3.63) is 48.3 Å². The van der Waals surface area contributed by atoms with Gasteiger partial charge in [0.25, 0.3) is 5.91 Å². The van der Waals surface area contributed by atoms with Gasteiger partial charge in [-0.15, -0.1) is 0 Å². The molecule has 2 heterocycles. The van der Waals surface area contributed by atoms with Crippen molar-refractivity contribution in [2.75, 3.05) is 28.6 Å². The quantitative estimate of drug-likeness (QED) is 0.879. The summed E-state index contributed by atoms with van der Waals surface area (Å²) in [5.74, 6) is -0.198. The summed E-state index contributed by atoms with van der Waals surface area (Å²) >= 11 is 0. The van der Waals surface area contributed by atoms with E-state index in [0.717, 1.165) is 24.5 Å². The molecule has 1 aliphatic rings. The Balaban J connectivity index is 1.61. The van der Waals surface area contributed by atoms with Crippen LogP contribution in [-0.4, -0.2) is 29.5 Å². The Morgan fingerprint density at radius 2 is 1.64 bits per heavy atom. The largest absolute Gasteiger partial charge is 0.379 e. The molecule has 0 atom stereocenters. The van der Waals surface area contributed by atoms with E-state index >= 15 is 0 Å². The van der Waals surface area contributed by atoms with Gasteiger partial charge in [0.05, 0.1) is 11.9 Å². The van der Waals surface area contributed by atoms with Crippen LogP contribution in [0.15, 0.2) is 42.6 Å². The molecule has 2 N–H and O–H groups in total. The lowest BCUT2D eigenvalue weighted by Gasteiger charge is -2.21. The van der Waals surface area contributed by atoms with Crippen molar-refractivity contribution in [1.29, 1.82) is 0 Å². The fraction of sp³-hybridized carbons (Fsp3) is 0.400. The Morgan fingerprint density at radius 1 is 1.00 bits per heavy atom. The van der Waals surface area contributed by atoms with Gasteiger partial charge in [0, 0.05) is 30.0 Å². The van der Waals surface area contributed by atoms with Gasteiger partial charge < -0.3 is 15.5 Å². The molecule has 0 aliphatic carbocycles. The average molecular weight is 338 g/mol. The summed E-state index contributed by atoms with van der Waals surface area (Å²) in [6.45, 7) is 8.48. The monoisotopic (exact) mass is 338 g/mol. The summed E-state index contributed by atoms with van der Waals surface area (Å²) in [7, 11) is 0. The van der Waals surface area contributed by atoms with Crippen molar-refractivity contribution < 1.29 is 4.79 Å². The number of hydrogen-bond acceptors (Lipinski definition) is 4. The van der Waals surface area contributed by atoms with Gasteiger partial charge in [0.1, 0.15) is 5.69 Å². The number of hydrogen-bond donors (Lipinski definition) is 2. The third-order valence-corrected chi connectivity index (χ3v) is 4.11. The van der Waals surface area contributed by atoms with E-state index in [-0.39, 0.29) is 11.4 Å². The van der Waals surface area contributed by atoms with Crippen molar-refractivity contribution in [1.82, 2.24) is 4.98 Å². The van der Waals surface area contributed by atoms with Gasteiger partial charge in [-0.1, -0.05) is 0 Å². The summed E-state index contributed by atoms with van der Waals surface area (Å²) in [5.41, 5.74) is 3.27. The lowest BCUT2D eigenvalue weighted by atomic mass is 10.1. The Morgan fingerprint density at radius 3 is 2.20 bits per heavy atom. The van der Waals surface area contributed by atoms with Crippen LogP contribution >= 0.6 is 0 Å². The Kier molecular flexibility index (Phi) is 4.93. The number of nitrogens with zero attached hydrogens (tertiary/aromatic N) is 2. The Bertz CT molecular complexity index is 711. The fourth-order valence-electron chi connectivity index (χ4n) is 2.96. The molecule has 0 unspecified atom stereocenters. The van der Waals surface area contributed by atoms with Crippen LogP contribution in [0.3, 0.4) is 0 Å². The SMILES string of the molecule is CC(C)(C)Nc1ccc(C(=O)Nc2ccc(N3CCCC3)cc2)nc1. The highest BCUT2D eigenvalue weighted by molar-refractivity contribution is 6.03. The minimum absolute atomic E-state index is 0.0391. The highest BCUT2D eigenvalue weighted by atomic mass is 16.1. The molecule has 5 heteroatoms. The first-order valence-corrected chi connectivity index (χ1v) is 8.81. The molecule has 132 valence electrons. The van der Waals surface area contributed by atoms with Crippen molar-refractivity contribution in [3.63, 3.8) is 0 Å². The summed E-state index contributed by atoms with van der Waals surface area (Å²) in [5, 5.41) is 6.23. The van der Waals surface area contributed by atoms with E-state index in [4.69, 9.17) is 0 Å². The van der Waals surface area contributed by atoms with Crippen LogP contribution in [0.25, 0.3) is 0 Å². The van der Waals surface area contributed by atoms with E-state index in [0.29, 0.717) is 5.69 Å². The summed E-state index contributed by atoms with van der Waals surface area (Å²) < 4.78 is 0. The lowest BCUT2D eigenvalue weighted by molar-refractivity contribution is 0.102. The van der Waals surface area contributed by atoms with Gasteiger partial charge >= 0.3 is 0 Å². The van der Waals surface area contributed by atoms with Crippen molar-refractivity contribution >= 4 is 23.0 Å². The van der Waals surface area contributed by atoms with Crippen LogP contribution in [0.1, 0.15) is 44.1 Å². The lowest BCUT2D eigenvalue weighted by Crippen LogP contribution is -2.26. The van der Waals surface area contributed by atoms with Gasteiger partial charge in [-0.25, -0.2) is 4.98 Å². The smallest absolute Gasteiger partial charge is 0.274 e. The molecule has 1 aromatic heterocycles. The van der Waals surface area contributed by atoms with Crippen LogP contribution in [0, 0.1) is 0 Å². The summed E-state index contributed by atoms with van der Waals surface area (Å²) in [6, 6.07) is 11.6. The van der Waals surface area contributed by atoms with E-state index in [1.807, 2.05) is 18.2 Å². The molecule has 1 aliphatic heterocycles. The molecule has 0 spiro atoms. The predicted molar refractivity (Wildman–Crippen MR) is 103 cm³/mol. The normalized spacial score (nSPS) is 14.4. The van der Waals surface area contributed by atoms with Crippen molar-refractivity contribution in [3.8, 4) is 0 Å². The highest BCUT2D eigenvalue weighted by Gasteiger charge is 2.13. The van der Waals surface area contributed by atoms with Crippen molar-refractivity contribution in [2.45, 2.75) is 39.2 Å².